The second kappa shape index (κ2) is 11.8. The third-order valence-electron chi connectivity index (χ3n) is 8.87. The van der Waals surface area contributed by atoms with E-state index in [4.69, 9.17) is 4.74 Å². The maximum absolute atomic E-state index is 13.1. The molecule has 0 bridgehead atoms. The van der Waals surface area contributed by atoms with Crippen molar-refractivity contribution in [2.75, 3.05) is 0 Å². The molecule has 2 aliphatic carbocycles. The Hall–Kier alpha value is -2.36. The maximum atomic E-state index is 13.1. The summed E-state index contributed by atoms with van der Waals surface area (Å²) in [4.78, 5) is 28.1. The van der Waals surface area contributed by atoms with Gasteiger partial charge in [-0.15, -0.1) is 0 Å². The van der Waals surface area contributed by atoms with Crippen LogP contribution in [0.15, 0.2) is 54.1 Å². The van der Waals surface area contributed by atoms with Crippen molar-refractivity contribution in [3.8, 4) is 0 Å². The molecule has 0 N–H and O–H groups in total. The molecule has 1 aromatic rings. The second-order valence-corrected chi connectivity index (χ2v) is 11.9. The molecular formula is C32H45NO3. The van der Waals surface area contributed by atoms with Crippen LogP contribution in [0.2, 0.25) is 0 Å². The lowest BCUT2D eigenvalue weighted by molar-refractivity contribution is -0.158. The number of allylic oxidation sites excluding steroid dienone is 3. The predicted molar refractivity (Wildman–Crippen MR) is 145 cm³/mol. The van der Waals surface area contributed by atoms with E-state index in [1.807, 2.05) is 19.9 Å². The van der Waals surface area contributed by atoms with E-state index in [0.717, 1.165) is 32.1 Å². The summed E-state index contributed by atoms with van der Waals surface area (Å²) in [6.07, 6.45) is 12.4. The summed E-state index contributed by atoms with van der Waals surface area (Å²) in [5.41, 5.74) is 2.54. The van der Waals surface area contributed by atoms with Crippen LogP contribution in [0.1, 0.15) is 78.7 Å². The molecule has 4 nitrogen and oxygen atoms in total. The van der Waals surface area contributed by atoms with E-state index in [-0.39, 0.29) is 35.9 Å². The van der Waals surface area contributed by atoms with E-state index in [9.17, 15) is 9.59 Å². The van der Waals surface area contributed by atoms with E-state index >= 15 is 0 Å². The minimum atomic E-state index is -0.0639. The Labute approximate surface area is 218 Å². The number of nitrogens with zero attached hydrogens (tertiary/aromatic N) is 1. The molecule has 1 saturated heterocycles. The number of amides is 1. The Balaban J connectivity index is 1.52. The molecule has 196 valence electrons. The van der Waals surface area contributed by atoms with Crippen molar-refractivity contribution in [1.29, 1.82) is 0 Å². The molecule has 8 atom stereocenters. The standard InChI is InChI=1S/C32H45NO3/c1-6-23(4)32(35)36-29-18-21(2)16-26-13-12-24(5)28(31(26)29)15-14-27-17-22(3)19-30(34)33(27)20-25-10-8-7-9-11-25/h7-13,16,21-24,27-29,31H,6,14-15,17-20H2,1-5H3/t21-,22?,23-,24-,27+,28-,29-,31-/m0/s1. The number of esters is 1. The summed E-state index contributed by atoms with van der Waals surface area (Å²) in [5, 5.41) is 0. The fourth-order valence-electron chi connectivity index (χ4n) is 6.60. The number of hydrogen-bond donors (Lipinski definition) is 0. The van der Waals surface area contributed by atoms with Gasteiger partial charge in [-0.2, -0.15) is 0 Å². The maximum Gasteiger partial charge on any atom is 0.308 e. The highest BCUT2D eigenvalue weighted by molar-refractivity contribution is 5.77. The quantitative estimate of drug-likeness (QED) is 0.369. The van der Waals surface area contributed by atoms with Crippen LogP contribution in [0.3, 0.4) is 0 Å². The third-order valence-corrected chi connectivity index (χ3v) is 8.87. The molecule has 1 fully saturated rings. The van der Waals surface area contributed by atoms with Gasteiger partial charge >= 0.3 is 5.97 Å². The first-order chi connectivity index (χ1) is 17.3. The second-order valence-electron chi connectivity index (χ2n) is 11.9. The lowest BCUT2D eigenvalue weighted by atomic mass is 9.65. The molecule has 36 heavy (non-hydrogen) atoms. The Kier molecular flexibility index (Phi) is 8.74. The van der Waals surface area contributed by atoms with E-state index in [2.05, 4.69) is 68.2 Å². The molecule has 0 aromatic heterocycles. The molecule has 3 aliphatic rings. The first-order valence-electron chi connectivity index (χ1n) is 14.2. The topological polar surface area (TPSA) is 46.6 Å². The molecule has 1 unspecified atom stereocenters. The van der Waals surface area contributed by atoms with Crippen molar-refractivity contribution >= 4 is 11.9 Å². The zero-order chi connectivity index (χ0) is 25.8. The molecule has 0 radical (unpaired) electrons. The van der Waals surface area contributed by atoms with Crippen LogP contribution >= 0.6 is 0 Å². The Bertz CT molecular complexity index is 967. The van der Waals surface area contributed by atoms with Gasteiger partial charge in [0, 0.05) is 24.9 Å². The van der Waals surface area contributed by atoms with Gasteiger partial charge in [0.25, 0.3) is 0 Å². The first-order valence-corrected chi connectivity index (χ1v) is 14.2. The number of carbonyl (C=O) groups is 2. The van der Waals surface area contributed by atoms with Crippen LogP contribution in [0.25, 0.3) is 0 Å². The Morgan fingerprint density at radius 3 is 2.58 bits per heavy atom. The normalized spacial score (nSPS) is 33.0. The van der Waals surface area contributed by atoms with Gasteiger partial charge < -0.3 is 9.64 Å². The van der Waals surface area contributed by atoms with Gasteiger partial charge in [-0.25, -0.2) is 0 Å². The Morgan fingerprint density at radius 1 is 1.11 bits per heavy atom. The summed E-state index contributed by atoms with van der Waals surface area (Å²) < 4.78 is 6.21. The highest BCUT2D eigenvalue weighted by Crippen LogP contribution is 2.45. The molecule has 1 aliphatic heterocycles. The van der Waals surface area contributed by atoms with Crippen LogP contribution in [-0.2, 0) is 20.9 Å². The summed E-state index contributed by atoms with van der Waals surface area (Å²) in [5.74, 6) is 2.07. The van der Waals surface area contributed by atoms with Crippen LogP contribution in [-0.4, -0.2) is 28.9 Å². The fourth-order valence-corrected chi connectivity index (χ4v) is 6.60. The molecule has 0 spiro atoms. The van der Waals surface area contributed by atoms with Crippen molar-refractivity contribution in [2.24, 2.45) is 35.5 Å². The van der Waals surface area contributed by atoms with Crippen molar-refractivity contribution in [3.63, 3.8) is 0 Å². The lowest BCUT2D eigenvalue weighted by Crippen LogP contribution is -2.46. The number of ether oxygens (including phenoxy) is 1. The zero-order valence-corrected chi connectivity index (χ0v) is 22.9. The Morgan fingerprint density at radius 2 is 1.86 bits per heavy atom. The lowest BCUT2D eigenvalue weighted by Gasteiger charge is -2.44. The summed E-state index contributed by atoms with van der Waals surface area (Å²) in [6.45, 7) is 11.4. The van der Waals surface area contributed by atoms with E-state index < -0.39 is 0 Å². The summed E-state index contributed by atoms with van der Waals surface area (Å²) >= 11 is 0. The van der Waals surface area contributed by atoms with Crippen molar-refractivity contribution < 1.29 is 14.3 Å². The third kappa shape index (κ3) is 6.12. The minimum absolute atomic E-state index is 0.0577. The van der Waals surface area contributed by atoms with Crippen LogP contribution in [0.4, 0.5) is 0 Å². The molecule has 1 aromatic carbocycles. The largest absolute Gasteiger partial charge is 0.461 e. The predicted octanol–water partition coefficient (Wildman–Crippen LogP) is 6.96. The van der Waals surface area contributed by atoms with Crippen molar-refractivity contribution in [2.45, 2.75) is 91.8 Å². The molecular weight excluding hydrogens is 446 g/mol. The number of hydrogen-bond acceptors (Lipinski definition) is 3. The van der Waals surface area contributed by atoms with Gasteiger partial charge in [0.2, 0.25) is 5.91 Å². The highest BCUT2D eigenvalue weighted by Gasteiger charge is 2.42. The van der Waals surface area contributed by atoms with Crippen molar-refractivity contribution in [1.82, 2.24) is 4.90 Å². The molecule has 4 rings (SSSR count). The minimum Gasteiger partial charge on any atom is -0.461 e. The SMILES string of the molecule is CC[C@H](C)C(=O)O[C@H]1C[C@@H](C)C=C2C=C[C@H](C)[C@H](CC[C@@H]3CC(C)CC(=O)N3Cc3ccccc3)[C@H]21. The van der Waals surface area contributed by atoms with E-state index in [0.29, 0.717) is 36.6 Å². The van der Waals surface area contributed by atoms with Gasteiger partial charge in [-0.1, -0.05) is 83.2 Å². The van der Waals surface area contributed by atoms with Gasteiger partial charge in [0.15, 0.2) is 0 Å². The summed E-state index contributed by atoms with van der Waals surface area (Å²) in [7, 11) is 0. The number of piperidine rings is 1. The van der Waals surface area contributed by atoms with Gasteiger partial charge in [-0.3, -0.25) is 9.59 Å². The fraction of sp³-hybridized carbons (Fsp3) is 0.625. The highest BCUT2D eigenvalue weighted by atomic mass is 16.5. The van der Waals surface area contributed by atoms with Crippen LogP contribution in [0, 0.1) is 35.5 Å². The monoisotopic (exact) mass is 491 g/mol. The summed E-state index contributed by atoms with van der Waals surface area (Å²) in [6, 6.07) is 10.6. The number of rotatable bonds is 8. The van der Waals surface area contributed by atoms with Crippen LogP contribution in [0.5, 0.6) is 0 Å². The van der Waals surface area contributed by atoms with Crippen LogP contribution < -0.4 is 0 Å². The van der Waals surface area contributed by atoms with Gasteiger partial charge in [0.05, 0.1) is 5.92 Å². The smallest absolute Gasteiger partial charge is 0.308 e. The number of benzene rings is 1. The van der Waals surface area contributed by atoms with E-state index in [1.54, 1.807) is 0 Å². The van der Waals surface area contributed by atoms with E-state index in [1.165, 1.54) is 11.1 Å². The van der Waals surface area contributed by atoms with Crippen molar-refractivity contribution in [3.05, 3.63) is 59.7 Å². The molecule has 1 heterocycles. The number of fused-ring (bicyclic) bond motifs is 1. The van der Waals surface area contributed by atoms with Gasteiger partial charge in [-0.05, 0) is 66.9 Å². The average molecular weight is 492 g/mol. The molecule has 1 amide bonds. The average Bonchev–Trinajstić information content (AvgIpc) is 2.85. The first kappa shape index (κ1) is 26.7. The number of likely N-dealkylation sites (tertiary alicyclic amines) is 1. The number of carbonyl (C=O) groups excluding carboxylic acids is 2. The molecule has 4 heteroatoms. The molecule has 0 saturated carbocycles. The zero-order valence-electron chi connectivity index (χ0n) is 22.9. The van der Waals surface area contributed by atoms with Gasteiger partial charge in [0.1, 0.15) is 6.10 Å².